The summed E-state index contributed by atoms with van der Waals surface area (Å²) in [6.45, 7) is 0.956. The summed E-state index contributed by atoms with van der Waals surface area (Å²) in [6.07, 6.45) is 6.20. The van der Waals surface area contributed by atoms with Crippen molar-refractivity contribution in [1.82, 2.24) is 5.06 Å². The van der Waals surface area contributed by atoms with E-state index in [9.17, 15) is 9.59 Å². The first-order valence-corrected chi connectivity index (χ1v) is 8.61. The number of hydroxylamine groups is 2. The molecule has 2 aliphatic heterocycles. The second-order valence-corrected chi connectivity index (χ2v) is 6.22. The zero-order valence-electron chi connectivity index (χ0n) is 14.3. The normalized spacial score (nSPS) is 26.4. The average Bonchev–Trinajstić information content (AvgIpc) is 3.03. The maximum Gasteiger partial charge on any atom is 0.338 e. The third kappa shape index (κ3) is 4.08. The van der Waals surface area contributed by atoms with Gasteiger partial charge in [0.05, 0.1) is 18.7 Å². The van der Waals surface area contributed by atoms with Crippen LogP contribution in [0.2, 0.25) is 0 Å². The number of hydrogen-bond donors (Lipinski definition) is 0. The lowest BCUT2D eigenvalue weighted by Crippen LogP contribution is -2.39. The fourth-order valence-electron chi connectivity index (χ4n) is 3.41. The van der Waals surface area contributed by atoms with Crippen molar-refractivity contribution in [3.63, 3.8) is 0 Å². The molecule has 25 heavy (non-hydrogen) atoms. The highest BCUT2D eigenvalue weighted by Gasteiger charge is 2.47. The van der Waals surface area contributed by atoms with Gasteiger partial charge in [-0.1, -0.05) is 30.7 Å². The van der Waals surface area contributed by atoms with Crippen molar-refractivity contribution in [2.75, 3.05) is 20.3 Å². The van der Waals surface area contributed by atoms with E-state index in [1.807, 2.05) is 11.1 Å². The summed E-state index contributed by atoms with van der Waals surface area (Å²) in [6, 6.07) is 8.89. The Balaban J connectivity index is 1.57. The quantitative estimate of drug-likeness (QED) is 0.603. The maximum atomic E-state index is 12.2. The van der Waals surface area contributed by atoms with E-state index in [1.165, 1.54) is 7.11 Å². The van der Waals surface area contributed by atoms with E-state index in [0.717, 1.165) is 25.8 Å². The second-order valence-electron chi connectivity index (χ2n) is 6.22. The third-order valence-electron chi connectivity index (χ3n) is 4.64. The number of methoxy groups -OCH3 is 1. The van der Waals surface area contributed by atoms with Gasteiger partial charge in [-0.25, -0.2) is 4.79 Å². The molecule has 6 heteroatoms. The highest BCUT2D eigenvalue weighted by molar-refractivity contribution is 5.89. The number of hydrogen-bond acceptors (Lipinski definition) is 6. The van der Waals surface area contributed by atoms with Crippen LogP contribution in [-0.2, 0) is 19.1 Å². The van der Waals surface area contributed by atoms with Gasteiger partial charge in [-0.05, 0) is 31.1 Å². The standard InChI is InChI=1S/C19H23NO5/c1-23-19(22)17-15-10-5-6-12-20(15)25-16(17)11-7-13-24-18(21)14-8-3-2-4-9-14/h2-4,7-9,11,15-17H,5-6,10,12-13H2,1H3/b11-7+/t15-,16+,17-/m0/s1. The largest absolute Gasteiger partial charge is 0.469 e. The van der Waals surface area contributed by atoms with E-state index in [2.05, 4.69) is 0 Å². The molecule has 3 rings (SSSR count). The Bertz CT molecular complexity index is 630. The molecule has 6 nitrogen and oxygen atoms in total. The summed E-state index contributed by atoms with van der Waals surface area (Å²) in [5.74, 6) is -0.976. The van der Waals surface area contributed by atoms with Crippen molar-refractivity contribution < 1.29 is 23.9 Å². The van der Waals surface area contributed by atoms with Gasteiger partial charge in [-0.2, -0.15) is 5.06 Å². The summed E-state index contributed by atoms with van der Waals surface area (Å²) in [5, 5.41) is 1.90. The Morgan fingerprint density at radius 3 is 2.84 bits per heavy atom. The van der Waals surface area contributed by atoms with Crippen LogP contribution in [0.25, 0.3) is 0 Å². The van der Waals surface area contributed by atoms with Gasteiger partial charge in [-0.3, -0.25) is 9.63 Å². The fraction of sp³-hybridized carbons (Fsp3) is 0.474. The average molecular weight is 345 g/mol. The molecule has 1 aromatic rings. The van der Waals surface area contributed by atoms with Crippen molar-refractivity contribution in [2.24, 2.45) is 5.92 Å². The molecule has 2 aliphatic rings. The van der Waals surface area contributed by atoms with Gasteiger partial charge in [0.1, 0.15) is 18.6 Å². The zero-order chi connectivity index (χ0) is 17.6. The molecule has 2 saturated heterocycles. The van der Waals surface area contributed by atoms with E-state index < -0.39 is 0 Å². The fourth-order valence-corrected chi connectivity index (χ4v) is 3.41. The Hall–Kier alpha value is -2.18. The molecule has 0 radical (unpaired) electrons. The molecule has 0 spiro atoms. The van der Waals surface area contributed by atoms with Gasteiger partial charge in [0.25, 0.3) is 0 Å². The van der Waals surface area contributed by atoms with Crippen LogP contribution in [0.15, 0.2) is 42.5 Å². The number of benzene rings is 1. The Morgan fingerprint density at radius 1 is 1.28 bits per heavy atom. The van der Waals surface area contributed by atoms with Crippen LogP contribution in [0.5, 0.6) is 0 Å². The van der Waals surface area contributed by atoms with Gasteiger partial charge in [0.2, 0.25) is 0 Å². The molecule has 2 heterocycles. The minimum absolute atomic E-state index is 0.0581. The van der Waals surface area contributed by atoms with Gasteiger partial charge in [-0.15, -0.1) is 0 Å². The summed E-state index contributed by atoms with van der Waals surface area (Å²) >= 11 is 0. The van der Waals surface area contributed by atoms with Gasteiger partial charge in [0, 0.05) is 6.54 Å². The molecule has 1 aromatic carbocycles. The van der Waals surface area contributed by atoms with Crippen LogP contribution in [0.4, 0.5) is 0 Å². The highest BCUT2D eigenvalue weighted by atomic mass is 16.7. The van der Waals surface area contributed by atoms with Crippen LogP contribution >= 0.6 is 0 Å². The van der Waals surface area contributed by atoms with Gasteiger partial charge >= 0.3 is 11.9 Å². The van der Waals surface area contributed by atoms with Crippen LogP contribution in [0, 0.1) is 5.92 Å². The lowest BCUT2D eigenvalue weighted by molar-refractivity contribution is -0.160. The minimum atomic E-state index is -0.383. The van der Waals surface area contributed by atoms with Crippen molar-refractivity contribution in [2.45, 2.75) is 31.4 Å². The monoisotopic (exact) mass is 345 g/mol. The molecule has 0 amide bonds. The molecular weight excluding hydrogens is 322 g/mol. The molecule has 3 atom stereocenters. The Labute approximate surface area is 147 Å². The van der Waals surface area contributed by atoms with Crippen LogP contribution in [0.3, 0.4) is 0 Å². The number of carbonyl (C=O) groups excluding carboxylic acids is 2. The molecule has 2 fully saturated rings. The van der Waals surface area contributed by atoms with Crippen LogP contribution < -0.4 is 0 Å². The molecule has 0 aromatic heterocycles. The Kier molecular flexibility index (Phi) is 5.83. The summed E-state index contributed by atoms with van der Waals surface area (Å²) in [7, 11) is 1.40. The summed E-state index contributed by atoms with van der Waals surface area (Å²) < 4.78 is 10.2. The van der Waals surface area contributed by atoms with Crippen LogP contribution in [0.1, 0.15) is 29.6 Å². The maximum absolute atomic E-state index is 12.2. The first-order chi connectivity index (χ1) is 12.2. The number of nitrogens with zero attached hydrogens (tertiary/aromatic N) is 1. The first-order valence-electron chi connectivity index (χ1n) is 8.61. The minimum Gasteiger partial charge on any atom is -0.469 e. The number of ether oxygens (including phenoxy) is 2. The van der Waals surface area contributed by atoms with E-state index >= 15 is 0 Å². The summed E-state index contributed by atoms with van der Waals surface area (Å²) in [5.41, 5.74) is 0.512. The van der Waals surface area contributed by atoms with E-state index in [1.54, 1.807) is 36.4 Å². The van der Waals surface area contributed by atoms with Gasteiger partial charge < -0.3 is 9.47 Å². The predicted molar refractivity (Wildman–Crippen MR) is 90.6 cm³/mol. The molecule has 0 bridgehead atoms. The summed E-state index contributed by atoms with van der Waals surface area (Å²) in [4.78, 5) is 29.9. The second kappa shape index (κ2) is 8.27. The number of carbonyl (C=O) groups is 2. The van der Waals surface area contributed by atoms with Crippen LogP contribution in [-0.4, -0.2) is 49.4 Å². The molecular formula is C19H23NO5. The first kappa shape index (κ1) is 17.6. The number of piperidine rings is 1. The lowest BCUT2D eigenvalue weighted by Gasteiger charge is -2.28. The number of fused-ring (bicyclic) bond motifs is 1. The molecule has 0 unspecified atom stereocenters. The third-order valence-corrected chi connectivity index (χ3v) is 4.64. The van der Waals surface area contributed by atoms with Gasteiger partial charge in [0.15, 0.2) is 0 Å². The van der Waals surface area contributed by atoms with Crippen molar-refractivity contribution >= 4 is 11.9 Å². The molecule has 0 N–H and O–H groups in total. The molecule has 0 aliphatic carbocycles. The number of rotatable bonds is 5. The molecule has 134 valence electrons. The molecule has 0 saturated carbocycles. The van der Waals surface area contributed by atoms with E-state index in [0.29, 0.717) is 5.56 Å². The van der Waals surface area contributed by atoms with E-state index in [4.69, 9.17) is 14.3 Å². The predicted octanol–water partition coefficient (Wildman–Crippen LogP) is 2.36. The van der Waals surface area contributed by atoms with Crippen molar-refractivity contribution in [3.8, 4) is 0 Å². The SMILES string of the molecule is COC(=O)[C@@H]1[C@@H](/C=C/COC(=O)c2ccccc2)ON2CCCC[C@@H]12. The highest BCUT2D eigenvalue weighted by Crippen LogP contribution is 2.35. The smallest absolute Gasteiger partial charge is 0.338 e. The van der Waals surface area contributed by atoms with Crippen molar-refractivity contribution in [1.29, 1.82) is 0 Å². The van der Waals surface area contributed by atoms with E-state index in [-0.39, 0.29) is 36.6 Å². The topological polar surface area (TPSA) is 65.1 Å². The zero-order valence-corrected chi connectivity index (χ0v) is 14.3. The Morgan fingerprint density at radius 2 is 2.08 bits per heavy atom. The number of esters is 2. The van der Waals surface area contributed by atoms with Crippen molar-refractivity contribution in [3.05, 3.63) is 48.0 Å². The lowest BCUT2D eigenvalue weighted by atomic mass is 9.89.